The second-order valence-electron chi connectivity index (χ2n) is 7.54. The Balaban J connectivity index is 1.86. The van der Waals surface area contributed by atoms with E-state index in [1.165, 1.54) is 22.8 Å². The van der Waals surface area contributed by atoms with Crippen LogP contribution in [-0.2, 0) is 6.42 Å². The van der Waals surface area contributed by atoms with E-state index < -0.39 is 17.4 Å². The number of nitrogens with one attached hydrogen (secondary N) is 1. The number of pyridine rings is 1. The predicted molar refractivity (Wildman–Crippen MR) is 117 cm³/mol. The van der Waals surface area contributed by atoms with E-state index in [1.54, 1.807) is 24.3 Å². The van der Waals surface area contributed by atoms with Gasteiger partial charge < -0.3 is 11.1 Å². The number of para-hydroxylation sites is 1. The van der Waals surface area contributed by atoms with Crippen molar-refractivity contribution in [3.8, 4) is 5.69 Å². The molecule has 7 heteroatoms. The van der Waals surface area contributed by atoms with Crippen molar-refractivity contribution in [2.24, 2.45) is 5.73 Å². The van der Waals surface area contributed by atoms with Crippen molar-refractivity contribution in [1.82, 2.24) is 4.57 Å². The van der Waals surface area contributed by atoms with Crippen molar-refractivity contribution in [2.45, 2.75) is 26.2 Å². The molecule has 0 aliphatic heterocycles. The summed E-state index contributed by atoms with van der Waals surface area (Å²) < 4.78 is 1.45. The van der Waals surface area contributed by atoms with Crippen LogP contribution in [0.4, 0.5) is 5.69 Å². The fourth-order valence-electron chi connectivity index (χ4n) is 3.82. The van der Waals surface area contributed by atoms with Gasteiger partial charge in [0.25, 0.3) is 17.4 Å². The van der Waals surface area contributed by atoms with E-state index in [0.717, 1.165) is 5.56 Å². The van der Waals surface area contributed by atoms with Crippen LogP contribution in [0.3, 0.4) is 0 Å². The van der Waals surface area contributed by atoms with Crippen LogP contribution < -0.4 is 16.6 Å². The molecule has 0 fully saturated rings. The second kappa shape index (κ2) is 8.02. The van der Waals surface area contributed by atoms with Crippen LogP contribution in [0.1, 0.15) is 55.2 Å². The molecule has 0 saturated heterocycles. The van der Waals surface area contributed by atoms with Gasteiger partial charge in [-0.05, 0) is 50.1 Å². The molecule has 7 nitrogen and oxygen atoms in total. The van der Waals surface area contributed by atoms with Crippen LogP contribution in [0.25, 0.3) is 5.69 Å². The normalized spacial score (nSPS) is 12.9. The number of hydrogen-bond acceptors (Lipinski definition) is 4. The number of Topliss-reactive ketones (excluding diaryl/α,β-unsaturated/α-hetero) is 1. The molecule has 3 N–H and O–H groups in total. The van der Waals surface area contributed by atoms with Gasteiger partial charge in [0.05, 0.1) is 11.3 Å². The average molecular weight is 415 g/mol. The van der Waals surface area contributed by atoms with Crippen LogP contribution in [-0.4, -0.2) is 22.2 Å². The molecular weight excluding hydrogens is 394 g/mol. The van der Waals surface area contributed by atoms with Gasteiger partial charge in [-0.1, -0.05) is 29.8 Å². The van der Waals surface area contributed by atoms with Gasteiger partial charge in [-0.25, -0.2) is 0 Å². The quantitative estimate of drug-likeness (QED) is 0.682. The maximum atomic E-state index is 13.4. The summed E-state index contributed by atoms with van der Waals surface area (Å²) in [5.41, 5.74) is 7.62. The lowest BCUT2D eigenvalue weighted by atomic mass is 9.92. The molecule has 0 unspecified atom stereocenters. The monoisotopic (exact) mass is 415 g/mol. The maximum Gasteiger partial charge on any atom is 0.268 e. The molecular formula is C24H21N3O4. The number of fused-ring (bicyclic) bond motifs is 1. The molecule has 1 aliphatic rings. The lowest BCUT2D eigenvalue weighted by Gasteiger charge is -2.22. The molecule has 2 aromatic carbocycles. The highest BCUT2D eigenvalue weighted by molar-refractivity contribution is 6.10. The summed E-state index contributed by atoms with van der Waals surface area (Å²) in [6.45, 7) is 1.94. The Labute approximate surface area is 178 Å². The number of nitrogens with zero attached hydrogens (tertiary/aromatic N) is 1. The van der Waals surface area contributed by atoms with Crippen LogP contribution in [0.15, 0.2) is 59.4 Å². The summed E-state index contributed by atoms with van der Waals surface area (Å²) in [7, 11) is 0. The van der Waals surface area contributed by atoms with E-state index in [4.69, 9.17) is 5.73 Å². The number of anilines is 1. The van der Waals surface area contributed by atoms with Crippen molar-refractivity contribution < 1.29 is 14.4 Å². The van der Waals surface area contributed by atoms with Gasteiger partial charge in [0.2, 0.25) is 0 Å². The maximum absolute atomic E-state index is 13.4. The van der Waals surface area contributed by atoms with Crippen molar-refractivity contribution in [3.63, 3.8) is 0 Å². The highest BCUT2D eigenvalue weighted by Crippen LogP contribution is 2.24. The highest BCUT2D eigenvalue weighted by atomic mass is 16.2. The first-order chi connectivity index (χ1) is 14.9. The number of aromatic nitrogens is 1. The SMILES string of the molecule is Cc1ccc(-n2c3c(cc(C(=O)Nc4ccccc4C(N)=O)c2=O)C(=O)CCC3)cc1. The van der Waals surface area contributed by atoms with E-state index >= 15 is 0 Å². The van der Waals surface area contributed by atoms with Gasteiger partial charge in [-0.15, -0.1) is 0 Å². The Morgan fingerprint density at radius 3 is 2.39 bits per heavy atom. The van der Waals surface area contributed by atoms with Gasteiger partial charge in [0.15, 0.2) is 5.78 Å². The van der Waals surface area contributed by atoms with Crippen molar-refractivity contribution in [1.29, 1.82) is 0 Å². The number of ketones is 1. The predicted octanol–water partition coefficient (Wildman–Crippen LogP) is 3.02. The topological polar surface area (TPSA) is 111 Å². The number of carbonyl (C=O) groups excluding carboxylic acids is 3. The first-order valence-electron chi connectivity index (χ1n) is 9.96. The molecule has 0 saturated carbocycles. The minimum atomic E-state index is -0.708. The Bertz CT molecular complexity index is 1270. The molecule has 1 aliphatic carbocycles. The number of amides is 2. The lowest BCUT2D eigenvalue weighted by Crippen LogP contribution is -2.33. The second-order valence-corrected chi connectivity index (χ2v) is 7.54. The molecule has 0 bridgehead atoms. The van der Waals surface area contributed by atoms with Crippen molar-refractivity contribution in [3.05, 3.63) is 92.9 Å². The van der Waals surface area contributed by atoms with Gasteiger partial charge >= 0.3 is 0 Å². The molecule has 4 rings (SSSR count). The minimum absolute atomic E-state index is 0.103. The lowest BCUT2D eigenvalue weighted by molar-refractivity contribution is 0.0968. The largest absolute Gasteiger partial charge is 0.366 e. The number of aryl methyl sites for hydroxylation is 1. The van der Waals surface area contributed by atoms with E-state index in [9.17, 15) is 19.2 Å². The number of nitrogens with two attached hydrogens (primary N) is 1. The summed E-state index contributed by atoms with van der Waals surface area (Å²) in [5.74, 6) is -1.51. The summed E-state index contributed by atoms with van der Waals surface area (Å²) in [4.78, 5) is 50.7. The molecule has 0 radical (unpaired) electrons. The molecule has 2 amide bonds. The molecule has 1 heterocycles. The van der Waals surface area contributed by atoms with Crippen LogP contribution in [0.5, 0.6) is 0 Å². The first kappa shape index (κ1) is 20.3. The zero-order chi connectivity index (χ0) is 22.1. The third-order valence-corrected chi connectivity index (χ3v) is 5.40. The Morgan fingerprint density at radius 1 is 0.968 bits per heavy atom. The fourth-order valence-corrected chi connectivity index (χ4v) is 3.82. The van der Waals surface area contributed by atoms with Crippen molar-refractivity contribution >= 4 is 23.3 Å². The van der Waals surface area contributed by atoms with E-state index in [2.05, 4.69) is 5.32 Å². The van der Waals surface area contributed by atoms with Gasteiger partial charge in [-0.3, -0.25) is 23.7 Å². The standard InChI is InChI=1S/C24H21N3O4/c1-14-9-11-15(12-10-14)27-20-7-4-8-21(28)17(20)13-18(24(27)31)23(30)26-19-6-3-2-5-16(19)22(25)29/h2-3,5-6,9-13H,4,7-8H2,1H3,(H2,25,29)(H,26,30). The zero-order valence-electron chi connectivity index (χ0n) is 17.0. The third kappa shape index (κ3) is 3.77. The number of carbonyl (C=O) groups is 3. The zero-order valence-corrected chi connectivity index (χ0v) is 17.0. The smallest absolute Gasteiger partial charge is 0.268 e. The molecule has 1 aromatic heterocycles. The molecule has 31 heavy (non-hydrogen) atoms. The van der Waals surface area contributed by atoms with Gasteiger partial charge in [0, 0.05) is 23.4 Å². The Morgan fingerprint density at radius 2 is 1.68 bits per heavy atom. The molecule has 0 atom stereocenters. The minimum Gasteiger partial charge on any atom is -0.366 e. The van der Waals surface area contributed by atoms with E-state index in [0.29, 0.717) is 36.2 Å². The number of benzene rings is 2. The summed E-state index contributed by atoms with van der Waals surface area (Å²) in [5, 5.41) is 2.59. The molecule has 0 spiro atoms. The number of hydrogen-bond donors (Lipinski definition) is 2. The van der Waals surface area contributed by atoms with E-state index in [-0.39, 0.29) is 22.6 Å². The average Bonchev–Trinajstić information content (AvgIpc) is 2.75. The summed E-state index contributed by atoms with van der Waals surface area (Å²) >= 11 is 0. The third-order valence-electron chi connectivity index (χ3n) is 5.40. The highest BCUT2D eigenvalue weighted by Gasteiger charge is 2.26. The molecule has 156 valence electrons. The fraction of sp³-hybridized carbons (Fsp3) is 0.167. The first-order valence-corrected chi connectivity index (χ1v) is 9.96. The van der Waals surface area contributed by atoms with Gasteiger partial charge in [-0.2, -0.15) is 0 Å². The summed E-state index contributed by atoms with van der Waals surface area (Å²) in [6, 6.07) is 15.0. The van der Waals surface area contributed by atoms with Crippen molar-refractivity contribution in [2.75, 3.05) is 5.32 Å². The Kier molecular flexibility index (Phi) is 5.25. The molecule has 3 aromatic rings. The Hall–Kier alpha value is -4.00. The van der Waals surface area contributed by atoms with E-state index in [1.807, 2.05) is 19.1 Å². The summed E-state index contributed by atoms with van der Waals surface area (Å²) in [6.07, 6.45) is 1.58. The van der Waals surface area contributed by atoms with Crippen LogP contribution in [0, 0.1) is 6.92 Å². The van der Waals surface area contributed by atoms with Crippen LogP contribution in [0.2, 0.25) is 0 Å². The number of primary amides is 1. The van der Waals surface area contributed by atoms with Gasteiger partial charge in [0.1, 0.15) is 5.56 Å². The van der Waals surface area contributed by atoms with Crippen LogP contribution >= 0.6 is 0 Å². The number of rotatable bonds is 4.